The minimum Gasteiger partial charge on any atom is -0.354 e. The Balaban J connectivity index is 2.43. The number of hydrogen-bond donors (Lipinski definition) is 1. The highest BCUT2D eigenvalue weighted by Gasteiger charge is 2.14. The molecule has 4 heteroatoms. The summed E-state index contributed by atoms with van der Waals surface area (Å²) >= 11 is 0. The van der Waals surface area contributed by atoms with E-state index in [4.69, 9.17) is 5.73 Å². The molecule has 0 saturated carbocycles. The van der Waals surface area contributed by atoms with E-state index in [9.17, 15) is 0 Å². The summed E-state index contributed by atoms with van der Waals surface area (Å²) in [6.45, 7) is 5.97. The zero-order valence-corrected chi connectivity index (χ0v) is 11.0. The summed E-state index contributed by atoms with van der Waals surface area (Å²) in [4.78, 5) is 11.0. The highest BCUT2D eigenvalue weighted by molar-refractivity contribution is 5.89. The van der Waals surface area contributed by atoms with Crippen LogP contribution in [0.15, 0.2) is 30.6 Å². The fourth-order valence-electron chi connectivity index (χ4n) is 2.09. The summed E-state index contributed by atoms with van der Waals surface area (Å²) in [6.07, 6.45) is 2.60. The summed E-state index contributed by atoms with van der Waals surface area (Å²) in [5.74, 6) is 1.00. The van der Waals surface area contributed by atoms with Crippen LogP contribution in [0.3, 0.4) is 0 Å². The number of nitrogens with zero attached hydrogens (tertiary/aromatic N) is 3. The molecule has 1 aromatic carbocycles. The lowest BCUT2D eigenvalue weighted by molar-refractivity contribution is 0.651. The van der Waals surface area contributed by atoms with Crippen molar-refractivity contribution in [1.82, 2.24) is 9.97 Å². The first kappa shape index (κ1) is 12.8. The summed E-state index contributed by atoms with van der Waals surface area (Å²) in [7, 11) is 0. The molecule has 2 N–H and O–H groups in total. The molecule has 2 rings (SSSR count). The molecule has 18 heavy (non-hydrogen) atoms. The van der Waals surface area contributed by atoms with Gasteiger partial charge >= 0.3 is 0 Å². The third kappa shape index (κ3) is 2.59. The fraction of sp³-hybridized carbons (Fsp3) is 0.429. The lowest BCUT2D eigenvalue weighted by Crippen LogP contribution is -2.33. The quantitative estimate of drug-likeness (QED) is 0.876. The third-order valence-corrected chi connectivity index (χ3v) is 3.02. The Hall–Kier alpha value is -1.68. The van der Waals surface area contributed by atoms with Crippen LogP contribution in [0, 0.1) is 0 Å². The summed E-state index contributed by atoms with van der Waals surface area (Å²) in [5.41, 5.74) is 6.60. The first-order chi connectivity index (χ1) is 8.74. The van der Waals surface area contributed by atoms with Gasteiger partial charge in [0, 0.05) is 18.0 Å². The van der Waals surface area contributed by atoms with Crippen molar-refractivity contribution in [3.63, 3.8) is 0 Å². The van der Waals surface area contributed by atoms with Crippen LogP contribution in [0.5, 0.6) is 0 Å². The molecule has 0 amide bonds. The van der Waals surface area contributed by atoms with Crippen molar-refractivity contribution in [2.24, 2.45) is 5.73 Å². The zero-order chi connectivity index (χ0) is 13.0. The Morgan fingerprint density at radius 3 is 2.72 bits per heavy atom. The van der Waals surface area contributed by atoms with Crippen LogP contribution < -0.4 is 10.6 Å². The lowest BCUT2D eigenvalue weighted by atomic mass is 10.2. The number of nitrogens with two attached hydrogens (primary N) is 1. The van der Waals surface area contributed by atoms with Crippen LogP contribution in [-0.2, 0) is 0 Å². The Morgan fingerprint density at radius 2 is 2.00 bits per heavy atom. The van der Waals surface area contributed by atoms with Crippen LogP contribution in [-0.4, -0.2) is 29.1 Å². The molecule has 2 aromatic rings. The standard InChI is InChI=1S/C14H20N4/c1-11(2)18(9-5-8-15)14-12-6-3-4-7-13(12)16-10-17-14/h3-4,6-7,10-11H,5,8-9,15H2,1-2H3. The monoisotopic (exact) mass is 244 g/mol. The lowest BCUT2D eigenvalue weighted by Gasteiger charge is -2.28. The summed E-state index contributed by atoms with van der Waals surface area (Å²) in [6, 6.07) is 8.51. The average molecular weight is 244 g/mol. The van der Waals surface area contributed by atoms with Crippen molar-refractivity contribution >= 4 is 16.7 Å². The van der Waals surface area contributed by atoms with Crippen LogP contribution in [0.2, 0.25) is 0 Å². The number of benzene rings is 1. The van der Waals surface area contributed by atoms with E-state index < -0.39 is 0 Å². The van der Waals surface area contributed by atoms with Gasteiger partial charge in [-0.1, -0.05) is 12.1 Å². The van der Waals surface area contributed by atoms with Gasteiger partial charge in [0.2, 0.25) is 0 Å². The van der Waals surface area contributed by atoms with Crippen molar-refractivity contribution < 1.29 is 0 Å². The van der Waals surface area contributed by atoms with E-state index in [1.54, 1.807) is 6.33 Å². The van der Waals surface area contributed by atoms with Crippen LogP contribution >= 0.6 is 0 Å². The molecule has 0 saturated heterocycles. The number of aromatic nitrogens is 2. The van der Waals surface area contributed by atoms with Gasteiger partial charge in [-0.25, -0.2) is 9.97 Å². The van der Waals surface area contributed by atoms with Crippen LogP contribution in [0.25, 0.3) is 10.9 Å². The molecule has 0 radical (unpaired) electrons. The predicted octanol–water partition coefficient (Wildman–Crippen LogP) is 2.19. The van der Waals surface area contributed by atoms with E-state index in [1.807, 2.05) is 18.2 Å². The second-order valence-corrected chi connectivity index (χ2v) is 4.64. The zero-order valence-electron chi connectivity index (χ0n) is 11.0. The molecule has 0 aliphatic heterocycles. The second kappa shape index (κ2) is 5.78. The number of anilines is 1. The van der Waals surface area contributed by atoms with E-state index >= 15 is 0 Å². The average Bonchev–Trinajstić information content (AvgIpc) is 2.39. The second-order valence-electron chi connectivity index (χ2n) is 4.64. The first-order valence-corrected chi connectivity index (χ1v) is 6.40. The van der Waals surface area contributed by atoms with Crippen LogP contribution in [0.1, 0.15) is 20.3 Å². The van der Waals surface area contributed by atoms with Gasteiger partial charge in [0.15, 0.2) is 0 Å². The molecule has 0 bridgehead atoms. The van der Waals surface area contributed by atoms with Crippen molar-refractivity contribution in [2.45, 2.75) is 26.3 Å². The topological polar surface area (TPSA) is 55.0 Å². The van der Waals surface area contributed by atoms with E-state index in [-0.39, 0.29) is 0 Å². The van der Waals surface area contributed by atoms with Crippen molar-refractivity contribution in [1.29, 1.82) is 0 Å². The maximum absolute atomic E-state index is 5.61. The predicted molar refractivity (Wildman–Crippen MR) is 75.7 cm³/mol. The maximum Gasteiger partial charge on any atom is 0.140 e. The number of rotatable bonds is 5. The Labute approximate surface area is 108 Å². The minimum atomic E-state index is 0.398. The maximum atomic E-state index is 5.61. The third-order valence-electron chi connectivity index (χ3n) is 3.02. The van der Waals surface area contributed by atoms with E-state index in [0.717, 1.165) is 29.7 Å². The number of para-hydroxylation sites is 1. The van der Waals surface area contributed by atoms with E-state index in [1.165, 1.54) is 0 Å². The molecular weight excluding hydrogens is 224 g/mol. The van der Waals surface area contributed by atoms with Gasteiger partial charge < -0.3 is 10.6 Å². The van der Waals surface area contributed by atoms with Crippen LogP contribution in [0.4, 0.5) is 5.82 Å². The van der Waals surface area contributed by atoms with E-state index in [2.05, 4.69) is 34.8 Å². The molecule has 0 fully saturated rings. The molecule has 0 unspecified atom stereocenters. The molecule has 0 aliphatic rings. The number of fused-ring (bicyclic) bond motifs is 1. The van der Waals surface area contributed by atoms with Crippen molar-refractivity contribution in [3.05, 3.63) is 30.6 Å². The number of hydrogen-bond acceptors (Lipinski definition) is 4. The van der Waals surface area contributed by atoms with Gasteiger partial charge in [0.05, 0.1) is 5.52 Å². The molecule has 0 atom stereocenters. The van der Waals surface area contributed by atoms with Gasteiger partial charge in [-0.2, -0.15) is 0 Å². The molecule has 4 nitrogen and oxygen atoms in total. The normalized spacial score (nSPS) is 11.1. The van der Waals surface area contributed by atoms with Gasteiger partial charge in [-0.15, -0.1) is 0 Å². The Bertz CT molecular complexity index is 505. The molecule has 1 aromatic heterocycles. The first-order valence-electron chi connectivity index (χ1n) is 6.40. The van der Waals surface area contributed by atoms with Crippen molar-refractivity contribution in [2.75, 3.05) is 18.0 Å². The highest BCUT2D eigenvalue weighted by atomic mass is 15.2. The fourth-order valence-corrected chi connectivity index (χ4v) is 2.09. The Kier molecular flexibility index (Phi) is 4.10. The SMILES string of the molecule is CC(C)N(CCCN)c1ncnc2ccccc12. The van der Waals surface area contributed by atoms with Gasteiger partial charge in [0.25, 0.3) is 0 Å². The van der Waals surface area contributed by atoms with Gasteiger partial charge in [0.1, 0.15) is 12.1 Å². The molecular formula is C14H20N4. The van der Waals surface area contributed by atoms with E-state index in [0.29, 0.717) is 12.6 Å². The minimum absolute atomic E-state index is 0.398. The molecule has 0 aliphatic carbocycles. The largest absolute Gasteiger partial charge is 0.354 e. The molecule has 0 spiro atoms. The van der Waals surface area contributed by atoms with Crippen molar-refractivity contribution in [3.8, 4) is 0 Å². The smallest absolute Gasteiger partial charge is 0.140 e. The molecule has 96 valence electrons. The summed E-state index contributed by atoms with van der Waals surface area (Å²) in [5, 5.41) is 1.10. The Morgan fingerprint density at radius 1 is 1.22 bits per heavy atom. The highest BCUT2D eigenvalue weighted by Crippen LogP contribution is 2.24. The van der Waals surface area contributed by atoms with Gasteiger partial charge in [-0.3, -0.25) is 0 Å². The summed E-state index contributed by atoms with van der Waals surface area (Å²) < 4.78 is 0. The van der Waals surface area contributed by atoms with Gasteiger partial charge in [-0.05, 0) is 38.9 Å². The molecule has 1 heterocycles.